The molecule has 104 valence electrons. The summed E-state index contributed by atoms with van der Waals surface area (Å²) in [7, 11) is -3.81. The minimum Gasteiger partial charge on any atom is -0.263 e. The van der Waals surface area contributed by atoms with E-state index < -0.39 is 14.9 Å². The van der Waals surface area contributed by atoms with Crippen molar-refractivity contribution in [2.75, 3.05) is 4.72 Å². The van der Waals surface area contributed by atoms with Gasteiger partial charge in [0, 0.05) is 18.3 Å². The van der Waals surface area contributed by atoms with Gasteiger partial charge in [-0.1, -0.05) is 0 Å². The number of rotatable bonds is 4. The predicted octanol–water partition coefficient (Wildman–Crippen LogP) is 2.10. The van der Waals surface area contributed by atoms with Crippen LogP contribution in [0.5, 0.6) is 0 Å². The Morgan fingerprint density at radius 2 is 1.85 bits per heavy atom. The molecule has 1 aromatic heterocycles. The van der Waals surface area contributed by atoms with Crippen molar-refractivity contribution < 1.29 is 13.3 Å². The predicted molar refractivity (Wildman–Crippen MR) is 72.9 cm³/mol. The average molecular weight is 293 g/mol. The first-order chi connectivity index (χ1) is 9.38. The quantitative estimate of drug-likeness (QED) is 0.687. The van der Waals surface area contributed by atoms with Gasteiger partial charge >= 0.3 is 0 Å². The Kier molecular flexibility index (Phi) is 3.66. The maximum atomic E-state index is 12.1. The number of hydrogen-bond acceptors (Lipinski definition) is 5. The van der Waals surface area contributed by atoms with Crippen molar-refractivity contribution >= 4 is 21.5 Å². The van der Waals surface area contributed by atoms with Crippen LogP contribution in [0.3, 0.4) is 0 Å². The molecule has 0 aliphatic heterocycles. The third-order valence-corrected chi connectivity index (χ3v) is 3.88. The van der Waals surface area contributed by atoms with Gasteiger partial charge in [-0.2, -0.15) is 0 Å². The second-order valence-electron chi connectivity index (χ2n) is 4.07. The fourth-order valence-corrected chi connectivity index (χ4v) is 2.53. The van der Waals surface area contributed by atoms with Crippen LogP contribution in [-0.4, -0.2) is 18.3 Å². The molecule has 2 rings (SSSR count). The number of anilines is 1. The van der Waals surface area contributed by atoms with Crippen LogP contribution in [0, 0.1) is 17.0 Å². The summed E-state index contributed by atoms with van der Waals surface area (Å²) in [6.07, 6.45) is 1.49. The van der Waals surface area contributed by atoms with Crippen molar-refractivity contribution in [2.45, 2.75) is 11.8 Å². The summed E-state index contributed by atoms with van der Waals surface area (Å²) >= 11 is 0. The third-order valence-electron chi connectivity index (χ3n) is 2.51. The highest BCUT2D eigenvalue weighted by Gasteiger charge is 2.16. The zero-order valence-corrected chi connectivity index (χ0v) is 11.3. The summed E-state index contributed by atoms with van der Waals surface area (Å²) in [6, 6.07) is 7.95. The van der Waals surface area contributed by atoms with Crippen LogP contribution in [0.25, 0.3) is 0 Å². The summed E-state index contributed by atoms with van der Waals surface area (Å²) < 4.78 is 26.5. The molecular weight excluding hydrogens is 282 g/mol. The maximum absolute atomic E-state index is 12.1. The molecule has 2 aromatic rings. The molecule has 1 heterocycles. The summed E-state index contributed by atoms with van der Waals surface area (Å²) in [4.78, 5) is 13.8. The maximum Gasteiger partial charge on any atom is 0.269 e. The number of sulfonamides is 1. The van der Waals surface area contributed by atoms with Crippen LogP contribution < -0.4 is 4.72 Å². The molecule has 0 aliphatic carbocycles. The van der Waals surface area contributed by atoms with E-state index >= 15 is 0 Å². The van der Waals surface area contributed by atoms with Gasteiger partial charge in [0.25, 0.3) is 15.7 Å². The molecule has 1 N–H and O–H groups in total. The minimum atomic E-state index is -3.81. The van der Waals surface area contributed by atoms with E-state index in [9.17, 15) is 18.5 Å². The van der Waals surface area contributed by atoms with Gasteiger partial charge in [0.05, 0.1) is 9.82 Å². The van der Waals surface area contributed by atoms with Crippen LogP contribution in [0.1, 0.15) is 5.56 Å². The second-order valence-corrected chi connectivity index (χ2v) is 5.76. The Balaban J connectivity index is 2.28. The number of hydrogen-bond donors (Lipinski definition) is 1. The molecule has 0 atom stereocenters. The zero-order chi connectivity index (χ0) is 14.8. The molecule has 0 saturated carbocycles. The van der Waals surface area contributed by atoms with Gasteiger partial charge in [0.1, 0.15) is 5.82 Å². The van der Waals surface area contributed by atoms with E-state index in [1.807, 2.05) is 6.92 Å². The Bertz CT molecular complexity index is 742. The van der Waals surface area contributed by atoms with Crippen LogP contribution >= 0.6 is 0 Å². The van der Waals surface area contributed by atoms with E-state index in [0.717, 1.165) is 17.7 Å². The van der Waals surface area contributed by atoms with E-state index in [-0.39, 0.29) is 16.4 Å². The normalized spacial score (nSPS) is 11.1. The highest BCUT2D eigenvalue weighted by atomic mass is 32.2. The molecule has 8 heteroatoms. The Morgan fingerprint density at radius 3 is 2.40 bits per heavy atom. The number of nitro benzene ring substituents is 1. The van der Waals surface area contributed by atoms with Gasteiger partial charge in [-0.3, -0.25) is 14.8 Å². The lowest BCUT2D eigenvalue weighted by molar-refractivity contribution is -0.384. The molecule has 20 heavy (non-hydrogen) atoms. The fourth-order valence-electron chi connectivity index (χ4n) is 1.54. The van der Waals surface area contributed by atoms with E-state index in [1.165, 1.54) is 18.3 Å². The van der Waals surface area contributed by atoms with Gasteiger partial charge in [-0.25, -0.2) is 13.4 Å². The van der Waals surface area contributed by atoms with Gasteiger partial charge in [-0.05, 0) is 36.8 Å². The summed E-state index contributed by atoms with van der Waals surface area (Å²) in [6.45, 7) is 1.81. The molecule has 0 unspecified atom stereocenters. The summed E-state index contributed by atoms with van der Waals surface area (Å²) in [5.74, 6) is 0.198. The lowest BCUT2D eigenvalue weighted by Gasteiger charge is -2.07. The molecule has 0 aliphatic rings. The molecule has 1 aromatic carbocycles. The van der Waals surface area contributed by atoms with Crippen LogP contribution in [0.15, 0.2) is 47.5 Å². The van der Waals surface area contributed by atoms with Crippen molar-refractivity contribution in [3.8, 4) is 0 Å². The topological polar surface area (TPSA) is 102 Å². The smallest absolute Gasteiger partial charge is 0.263 e. The van der Waals surface area contributed by atoms with Crippen molar-refractivity contribution in [1.29, 1.82) is 0 Å². The van der Waals surface area contributed by atoms with Crippen LogP contribution in [0.4, 0.5) is 11.5 Å². The Morgan fingerprint density at radius 1 is 1.20 bits per heavy atom. The van der Waals surface area contributed by atoms with Gasteiger partial charge < -0.3 is 0 Å². The molecule has 0 fully saturated rings. The molecule has 7 nitrogen and oxygen atoms in total. The third kappa shape index (κ3) is 3.09. The SMILES string of the molecule is Cc1ccnc(NS(=O)(=O)c2ccc([N+](=O)[O-])cc2)c1. The van der Waals surface area contributed by atoms with E-state index in [2.05, 4.69) is 9.71 Å². The van der Waals surface area contributed by atoms with Crippen molar-refractivity contribution in [1.82, 2.24) is 4.98 Å². The number of aromatic nitrogens is 1. The summed E-state index contributed by atoms with van der Waals surface area (Å²) in [5.41, 5.74) is 0.694. The standard InChI is InChI=1S/C12H11N3O4S/c1-9-6-7-13-12(8-9)14-20(18,19)11-4-2-10(3-5-11)15(16)17/h2-8H,1H3,(H,13,14). The number of aryl methyl sites for hydroxylation is 1. The monoisotopic (exact) mass is 293 g/mol. The fraction of sp³-hybridized carbons (Fsp3) is 0.0833. The largest absolute Gasteiger partial charge is 0.269 e. The van der Waals surface area contributed by atoms with Crippen molar-refractivity contribution in [3.63, 3.8) is 0 Å². The lowest BCUT2D eigenvalue weighted by atomic mass is 10.3. The number of nitrogens with one attached hydrogen (secondary N) is 1. The second kappa shape index (κ2) is 5.25. The zero-order valence-electron chi connectivity index (χ0n) is 10.5. The summed E-state index contributed by atoms with van der Waals surface area (Å²) in [5, 5.41) is 10.5. The number of pyridine rings is 1. The average Bonchev–Trinajstić information content (AvgIpc) is 2.38. The van der Waals surface area contributed by atoms with Gasteiger partial charge in [-0.15, -0.1) is 0 Å². The van der Waals surface area contributed by atoms with E-state index in [4.69, 9.17) is 0 Å². The van der Waals surface area contributed by atoms with Crippen LogP contribution in [0.2, 0.25) is 0 Å². The van der Waals surface area contributed by atoms with E-state index in [1.54, 1.807) is 12.1 Å². The van der Waals surface area contributed by atoms with Crippen molar-refractivity contribution in [2.24, 2.45) is 0 Å². The Labute approximate surface area is 115 Å². The highest BCUT2D eigenvalue weighted by molar-refractivity contribution is 7.92. The minimum absolute atomic E-state index is 0.0635. The molecule has 0 saturated heterocycles. The van der Waals surface area contributed by atoms with Gasteiger partial charge in [0.15, 0.2) is 0 Å². The lowest BCUT2D eigenvalue weighted by Crippen LogP contribution is -2.13. The molecule has 0 bridgehead atoms. The number of nitro groups is 1. The Hall–Kier alpha value is -2.48. The number of non-ortho nitro benzene ring substituents is 1. The first kappa shape index (κ1) is 13.9. The number of benzene rings is 1. The molecule has 0 spiro atoms. The first-order valence-corrected chi connectivity index (χ1v) is 7.07. The molecule has 0 radical (unpaired) electrons. The number of nitrogens with zero attached hydrogens (tertiary/aromatic N) is 2. The highest BCUT2D eigenvalue weighted by Crippen LogP contribution is 2.18. The van der Waals surface area contributed by atoms with Crippen LogP contribution in [-0.2, 0) is 10.0 Å². The molecular formula is C12H11N3O4S. The first-order valence-electron chi connectivity index (χ1n) is 5.58. The van der Waals surface area contributed by atoms with Gasteiger partial charge in [0.2, 0.25) is 0 Å². The van der Waals surface area contributed by atoms with E-state index in [0.29, 0.717) is 0 Å². The molecule has 0 amide bonds. The van der Waals surface area contributed by atoms with Crippen molar-refractivity contribution in [3.05, 3.63) is 58.3 Å².